The van der Waals surface area contributed by atoms with Gasteiger partial charge in [0.05, 0.1) is 18.0 Å². The number of rotatable bonds is 4. The number of pyridine rings is 2. The molecule has 0 bridgehead atoms. The van der Waals surface area contributed by atoms with Gasteiger partial charge in [0.25, 0.3) is 0 Å². The van der Waals surface area contributed by atoms with E-state index in [1.165, 1.54) is 6.20 Å². The second kappa shape index (κ2) is 4.85. The summed E-state index contributed by atoms with van der Waals surface area (Å²) >= 11 is 0. The van der Waals surface area contributed by atoms with E-state index in [0.717, 1.165) is 17.2 Å². The molecule has 94 valence electrons. The van der Waals surface area contributed by atoms with Gasteiger partial charge >= 0.3 is 0 Å². The number of ether oxygens (including phenoxy) is 1. The third-order valence-corrected chi connectivity index (χ3v) is 2.77. The molecule has 0 aromatic carbocycles. The molecule has 0 aliphatic heterocycles. The molecule has 0 unspecified atom stereocenters. The van der Waals surface area contributed by atoms with E-state index in [0.29, 0.717) is 23.6 Å². The third-order valence-electron chi connectivity index (χ3n) is 2.77. The summed E-state index contributed by atoms with van der Waals surface area (Å²) in [6.45, 7) is 0.324. The lowest BCUT2D eigenvalue weighted by molar-refractivity contribution is 0.111. The Labute approximate surface area is 108 Å². The first kappa shape index (κ1) is 11.3. The summed E-state index contributed by atoms with van der Waals surface area (Å²) in [4.78, 5) is 19.0. The average molecular weight is 254 g/mol. The molecule has 0 saturated carbocycles. The number of fused-ring (bicyclic) bond motifs is 1. The summed E-state index contributed by atoms with van der Waals surface area (Å²) in [5.74, 6) is 0.464. The molecule has 3 aromatic heterocycles. The zero-order valence-electron chi connectivity index (χ0n) is 9.91. The first-order valence-corrected chi connectivity index (χ1v) is 5.67. The van der Waals surface area contributed by atoms with Gasteiger partial charge in [-0.25, -0.2) is 4.98 Å². The lowest BCUT2D eigenvalue weighted by Gasteiger charge is -2.08. The molecular weight excluding hydrogens is 244 g/mol. The topological polar surface area (TPSA) is 80.8 Å². The lowest BCUT2D eigenvalue weighted by Crippen LogP contribution is -1.99. The van der Waals surface area contributed by atoms with Crippen molar-refractivity contribution in [3.05, 3.63) is 48.0 Å². The molecule has 0 atom stereocenters. The third kappa shape index (κ3) is 2.15. The zero-order chi connectivity index (χ0) is 13.1. The lowest BCUT2D eigenvalue weighted by atomic mass is 10.2. The first-order valence-electron chi connectivity index (χ1n) is 5.67. The van der Waals surface area contributed by atoms with Gasteiger partial charge in [-0.2, -0.15) is 5.10 Å². The summed E-state index contributed by atoms with van der Waals surface area (Å²) in [7, 11) is 0. The largest absolute Gasteiger partial charge is 0.487 e. The maximum absolute atomic E-state index is 10.9. The van der Waals surface area contributed by atoms with Crippen LogP contribution >= 0.6 is 0 Å². The molecule has 0 aliphatic carbocycles. The van der Waals surface area contributed by atoms with Gasteiger partial charge in [0.1, 0.15) is 12.4 Å². The van der Waals surface area contributed by atoms with Crippen LogP contribution in [0.4, 0.5) is 0 Å². The van der Waals surface area contributed by atoms with Gasteiger partial charge in [-0.15, -0.1) is 0 Å². The Morgan fingerprint density at radius 3 is 3.11 bits per heavy atom. The maximum atomic E-state index is 10.9. The van der Waals surface area contributed by atoms with E-state index in [1.54, 1.807) is 24.7 Å². The highest BCUT2D eigenvalue weighted by molar-refractivity contribution is 5.79. The van der Waals surface area contributed by atoms with Crippen molar-refractivity contribution >= 4 is 17.3 Å². The SMILES string of the molecule is O=Cc1ccncc1OCc1ccnc2[nH]ncc12. The van der Waals surface area contributed by atoms with Crippen LogP contribution in [0.25, 0.3) is 11.0 Å². The second-order valence-corrected chi connectivity index (χ2v) is 3.92. The van der Waals surface area contributed by atoms with Crippen molar-refractivity contribution in [1.29, 1.82) is 0 Å². The number of nitrogens with zero attached hydrogens (tertiary/aromatic N) is 3. The highest BCUT2D eigenvalue weighted by Gasteiger charge is 2.06. The Bertz CT molecular complexity index is 723. The average Bonchev–Trinajstić information content (AvgIpc) is 2.94. The van der Waals surface area contributed by atoms with Crippen molar-refractivity contribution in [1.82, 2.24) is 20.2 Å². The number of carbonyl (C=O) groups is 1. The number of nitrogens with one attached hydrogen (secondary N) is 1. The van der Waals surface area contributed by atoms with Gasteiger partial charge in [0.15, 0.2) is 11.9 Å². The Hall–Kier alpha value is -2.76. The minimum Gasteiger partial charge on any atom is -0.487 e. The smallest absolute Gasteiger partial charge is 0.155 e. The maximum Gasteiger partial charge on any atom is 0.155 e. The van der Waals surface area contributed by atoms with Gasteiger partial charge in [-0.1, -0.05) is 0 Å². The normalized spacial score (nSPS) is 10.5. The molecule has 3 rings (SSSR count). The number of hydrogen-bond acceptors (Lipinski definition) is 5. The van der Waals surface area contributed by atoms with Crippen molar-refractivity contribution in [2.24, 2.45) is 0 Å². The summed E-state index contributed by atoms with van der Waals surface area (Å²) in [5.41, 5.74) is 2.13. The molecule has 6 nitrogen and oxygen atoms in total. The highest BCUT2D eigenvalue weighted by Crippen LogP contribution is 2.19. The van der Waals surface area contributed by atoms with Gasteiger partial charge < -0.3 is 4.74 Å². The van der Waals surface area contributed by atoms with Crippen LogP contribution < -0.4 is 4.74 Å². The molecule has 0 amide bonds. The summed E-state index contributed by atoms with van der Waals surface area (Å²) in [5, 5.41) is 7.64. The monoisotopic (exact) mass is 254 g/mol. The molecule has 3 heterocycles. The van der Waals surface area contributed by atoms with E-state index in [4.69, 9.17) is 4.74 Å². The number of H-pyrrole nitrogens is 1. The minimum atomic E-state index is 0.324. The van der Waals surface area contributed by atoms with Gasteiger partial charge in [0.2, 0.25) is 0 Å². The number of aromatic nitrogens is 4. The number of carbonyl (C=O) groups excluding carboxylic acids is 1. The number of aldehydes is 1. The van der Waals surface area contributed by atoms with E-state index in [9.17, 15) is 4.79 Å². The van der Waals surface area contributed by atoms with E-state index in [1.807, 2.05) is 6.07 Å². The van der Waals surface area contributed by atoms with Gasteiger partial charge in [0, 0.05) is 23.3 Å². The molecule has 0 spiro atoms. The summed E-state index contributed by atoms with van der Waals surface area (Å²) < 4.78 is 5.63. The van der Waals surface area contributed by atoms with E-state index in [-0.39, 0.29) is 0 Å². The molecule has 0 fully saturated rings. The first-order chi connectivity index (χ1) is 9.38. The van der Waals surface area contributed by atoms with Crippen LogP contribution in [0.1, 0.15) is 15.9 Å². The molecule has 19 heavy (non-hydrogen) atoms. The fraction of sp³-hybridized carbons (Fsp3) is 0.0769. The number of aromatic amines is 1. The van der Waals surface area contributed by atoms with Crippen LogP contribution in [0.3, 0.4) is 0 Å². The van der Waals surface area contributed by atoms with Crippen molar-refractivity contribution in [2.45, 2.75) is 6.61 Å². The molecule has 0 aliphatic rings. The molecular formula is C13H10N4O2. The van der Waals surface area contributed by atoms with Crippen LogP contribution in [0.2, 0.25) is 0 Å². The Balaban J connectivity index is 1.86. The van der Waals surface area contributed by atoms with Crippen LogP contribution in [-0.4, -0.2) is 26.5 Å². The minimum absolute atomic E-state index is 0.324. The van der Waals surface area contributed by atoms with Gasteiger partial charge in [-0.05, 0) is 12.1 Å². The van der Waals surface area contributed by atoms with Crippen molar-refractivity contribution in [3.63, 3.8) is 0 Å². The fourth-order valence-corrected chi connectivity index (χ4v) is 1.79. The molecule has 1 N–H and O–H groups in total. The summed E-state index contributed by atoms with van der Waals surface area (Å²) in [6.07, 6.45) is 7.21. The molecule has 6 heteroatoms. The summed E-state index contributed by atoms with van der Waals surface area (Å²) in [6, 6.07) is 3.47. The Kier molecular flexibility index (Phi) is 2.89. The van der Waals surface area contributed by atoms with E-state index < -0.39 is 0 Å². The predicted octanol–water partition coefficient (Wildman–Crippen LogP) is 1.74. The molecule has 0 saturated heterocycles. The number of hydrogen-bond donors (Lipinski definition) is 1. The van der Waals surface area contributed by atoms with Crippen molar-refractivity contribution < 1.29 is 9.53 Å². The Morgan fingerprint density at radius 2 is 2.21 bits per heavy atom. The van der Waals surface area contributed by atoms with Crippen LogP contribution in [-0.2, 0) is 6.61 Å². The zero-order valence-corrected chi connectivity index (χ0v) is 9.91. The van der Waals surface area contributed by atoms with Crippen molar-refractivity contribution in [2.75, 3.05) is 0 Å². The molecule has 3 aromatic rings. The van der Waals surface area contributed by atoms with Crippen LogP contribution in [0.5, 0.6) is 5.75 Å². The van der Waals surface area contributed by atoms with E-state index in [2.05, 4.69) is 20.2 Å². The quantitative estimate of drug-likeness (QED) is 0.717. The predicted molar refractivity (Wildman–Crippen MR) is 67.8 cm³/mol. The fourth-order valence-electron chi connectivity index (χ4n) is 1.79. The van der Waals surface area contributed by atoms with Crippen molar-refractivity contribution in [3.8, 4) is 5.75 Å². The highest BCUT2D eigenvalue weighted by atomic mass is 16.5. The Morgan fingerprint density at radius 1 is 1.26 bits per heavy atom. The molecule has 0 radical (unpaired) electrons. The standard InChI is InChI=1S/C13H10N4O2/c18-7-9-1-3-14-6-12(9)19-8-10-2-4-15-13-11(10)5-16-17-13/h1-7H,8H2,(H,15,16,17). The van der Waals surface area contributed by atoms with Crippen LogP contribution in [0, 0.1) is 0 Å². The van der Waals surface area contributed by atoms with Gasteiger partial charge in [-0.3, -0.25) is 14.9 Å². The van der Waals surface area contributed by atoms with E-state index >= 15 is 0 Å². The van der Waals surface area contributed by atoms with Crippen LogP contribution in [0.15, 0.2) is 36.9 Å². The second-order valence-electron chi connectivity index (χ2n) is 3.92.